The van der Waals surface area contributed by atoms with Crippen LogP contribution in [0.4, 0.5) is 4.39 Å². The summed E-state index contributed by atoms with van der Waals surface area (Å²) in [5.41, 5.74) is 1.69. The number of halogens is 2. The second-order valence-electron chi connectivity index (χ2n) is 4.49. The van der Waals surface area contributed by atoms with Gasteiger partial charge in [0.1, 0.15) is 11.6 Å². The Morgan fingerprint density at radius 1 is 1.20 bits per heavy atom. The molecule has 1 atom stereocenters. The van der Waals surface area contributed by atoms with Crippen LogP contribution in [0.5, 0.6) is 5.75 Å². The number of rotatable bonds is 5. The van der Waals surface area contributed by atoms with Crippen LogP contribution in [0, 0.1) is 5.82 Å². The maximum absolute atomic E-state index is 14.1. The first-order chi connectivity index (χ1) is 9.67. The number of hydrogen-bond donors (Lipinski definition) is 1. The van der Waals surface area contributed by atoms with E-state index in [4.69, 9.17) is 4.74 Å². The lowest BCUT2D eigenvalue weighted by Gasteiger charge is -2.20. The fourth-order valence-corrected chi connectivity index (χ4v) is 2.71. The molecule has 0 bridgehead atoms. The molecule has 2 aromatic rings. The topological polar surface area (TPSA) is 21.3 Å². The SMILES string of the molecule is CNC(Cc1ccccc1Br)c1c(F)cccc1OC. The van der Waals surface area contributed by atoms with Crippen molar-refractivity contribution in [3.8, 4) is 5.75 Å². The molecule has 0 saturated carbocycles. The zero-order chi connectivity index (χ0) is 14.5. The molecule has 2 rings (SSSR count). The standard InChI is InChI=1S/C16H17BrFNO/c1-19-14(10-11-6-3-4-7-12(11)17)16-13(18)8-5-9-15(16)20-2/h3-9,14,19H,10H2,1-2H3. The third-order valence-corrected chi connectivity index (χ3v) is 4.09. The predicted molar refractivity (Wildman–Crippen MR) is 82.6 cm³/mol. The largest absolute Gasteiger partial charge is 0.496 e. The van der Waals surface area contributed by atoms with E-state index in [1.165, 1.54) is 6.07 Å². The highest BCUT2D eigenvalue weighted by Crippen LogP contribution is 2.31. The Kier molecular flexibility index (Phi) is 5.15. The number of methoxy groups -OCH3 is 1. The van der Waals surface area contributed by atoms with E-state index in [-0.39, 0.29) is 11.9 Å². The van der Waals surface area contributed by atoms with Gasteiger partial charge in [-0.15, -0.1) is 0 Å². The van der Waals surface area contributed by atoms with E-state index in [0.29, 0.717) is 17.7 Å². The van der Waals surface area contributed by atoms with Gasteiger partial charge >= 0.3 is 0 Å². The molecule has 2 aromatic carbocycles. The minimum Gasteiger partial charge on any atom is -0.496 e. The Balaban J connectivity index is 2.36. The molecule has 0 aliphatic rings. The zero-order valence-electron chi connectivity index (χ0n) is 11.5. The van der Waals surface area contributed by atoms with Crippen molar-refractivity contribution < 1.29 is 9.13 Å². The van der Waals surface area contributed by atoms with Crippen molar-refractivity contribution in [2.24, 2.45) is 0 Å². The van der Waals surface area contributed by atoms with Crippen molar-refractivity contribution in [1.29, 1.82) is 0 Å². The van der Waals surface area contributed by atoms with Crippen molar-refractivity contribution in [2.45, 2.75) is 12.5 Å². The molecule has 20 heavy (non-hydrogen) atoms. The van der Waals surface area contributed by atoms with Gasteiger partial charge in [0.15, 0.2) is 0 Å². The third-order valence-electron chi connectivity index (χ3n) is 3.31. The lowest BCUT2D eigenvalue weighted by molar-refractivity contribution is 0.393. The second-order valence-corrected chi connectivity index (χ2v) is 5.35. The number of hydrogen-bond acceptors (Lipinski definition) is 2. The highest BCUT2D eigenvalue weighted by molar-refractivity contribution is 9.10. The van der Waals surface area contributed by atoms with Crippen LogP contribution >= 0.6 is 15.9 Å². The molecule has 0 radical (unpaired) electrons. The van der Waals surface area contributed by atoms with E-state index < -0.39 is 0 Å². The summed E-state index contributed by atoms with van der Waals surface area (Å²) in [4.78, 5) is 0. The van der Waals surface area contributed by atoms with Crippen LogP contribution in [0.1, 0.15) is 17.2 Å². The molecule has 4 heteroatoms. The summed E-state index contributed by atoms with van der Waals surface area (Å²) in [6, 6.07) is 12.7. The Hall–Kier alpha value is -1.39. The van der Waals surface area contributed by atoms with Gasteiger partial charge < -0.3 is 10.1 Å². The molecule has 0 heterocycles. The van der Waals surface area contributed by atoms with Crippen molar-refractivity contribution in [3.63, 3.8) is 0 Å². The quantitative estimate of drug-likeness (QED) is 0.886. The van der Waals surface area contributed by atoms with E-state index in [1.54, 1.807) is 19.2 Å². The first-order valence-corrected chi connectivity index (χ1v) is 7.19. The molecular weight excluding hydrogens is 321 g/mol. The van der Waals surface area contributed by atoms with E-state index in [0.717, 1.165) is 10.0 Å². The molecule has 1 unspecified atom stereocenters. The summed E-state index contributed by atoms with van der Waals surface area (Å²) in [6.07, 6.45) is 0.676. The van der Waals surface area contributed by atoms with E-state index >= 15 is 0 Å². The smallest absolute Gasteiger partial charge is 0.131 e. The van der Waals surface area contributed by atoms with Crippen LogP contribution in [-0.4, -0.2) is 14.2 Å². The summed E-state index contributed by atoms with van der Waals surface area (Å²) in [5, 5.41) is 3.17. The van der Waals surface area contributed by atoms with Crippen molar-refractivity contribution in [1.82, 2.24) is 5.32 Å². The van der Waals surface area contributed by atoms with Crippen molar-refractivity contribution >= 4 is 15.9 Å². The number of ether oxygens (including phenoxy) is 1. The van der Waals surface area contributed by atoms with Crippen molar-refractivity contribution in [3.05, 3.63) is 63.9 Å². The molecule has 0 aromatic heterocycles. The maximum Gasteiger partial charge on any atom is 0.131 e. The zero-order valence-corrected chi connectivity index (χ0v) is 13.1. The number of benzene rings is 2. The minimum atomic E-state index is -0.254. The summed E-state index contributed by atoms with van der Waals surface area (Å²) in [6.45, 7) is 0. The average Bonchev–Trinajstić information content (AvgIpc) is 2.47. The Bertz CT molecular complexity index is 588. The third kappa shape index (κ3) is 3.19. The molecule has 0 amide bonds. The van der Waals surface area contributed by atoms with Gasteiger partial charge in [0, 0.05) is 16.1 Å². The molecule has 2 nitrogen and oxygen atoms in total. The monoisotopic (exact) mass is 337 g/mol. The molecule has 0 aliphatic heterocycles. The Morgan fingerprint density at radius 2 is 1.95 bits per heavy atom. The van der Waals surface area contributed by atoms with Crippen LogP contribution in [0.3, 0.4) is 0 Å². The van der Waals surface area contributed by atoms with E-state index in [2.05, 4.69) is 21.2 Å². The van der Waals surface area contributed by atoms with Gasteiger partial charge in [0.05, 0.1) is 7.11 Å². The van der Waals surface area contributed by atoms with Gasteiger partial charge in [-0.1, -0.05) is 40.2 Å². The molecule has 1 N–H and O–H groups in total. The lowest BCUT2D eigenvalue weighted by Crippen LogP contribution is -2.21. The van der Waals surface area contributed by atoms with Crippen LogP contribution in [0.25, 0.3) is 0 Å². The van der Waals surface area contributed by atoms with E-state index in [1.807, 2.05) is 31.3 Å². The lowest BCUT2D eigenvalue weighted by atomic mass is 9.97. The summed E-state index contributed by atoms with van der Waals surface area (Å²) in [7, 11) is 3.39. The number of likely N-dealkylation sites (N-methyl/N-ethyl adjacent to an activating group) is 1. The second kappa shape index (κ2) is 6.86. The van der Waals surface area contributed by atoms with Crippen LogP contribution in [-0.2, 0) is 6.42 Å². The van der Waals surface area contributed by atoms with Gasteiger partial charge in [0.25, 0.3) is 0 Å². The summed E-state index contributed by atoms with van der Waals surface area (Å²) >= 11 is 3.53. The average molecular weight is 338 g/mol. The Labute approximate surface area is 127 Å². The molecule has 0 spiro atoms. The molecular formula is C16H17BrFNO. The predicted octanol–water partition coefficient (Wildman–Crippen LogP) is 4.10. The normalized spacial score (nSPS) is 12.2. The Morgan fingerprint density at radius 3 is 2.60 bits per heavy atom. The fraction of sp³-hybridized carbons (Fsp3) is 0.250. The maximum atomic E-state index is 14.1. The summed E-state index contributed by atoms with van der Waals surface area (Å²) < 4.78 is 20.5. The van der Waals surface area contributed by atoms with E-state index in [9.17, 15) is 4.39 Å². The highest BCUT2D eigenvalue weighted by atomic mass is 79.9. The van der Waals surface area contributed by atoms with Crippen LogP contribution < -0.4 is 10.1 Å². The van der Waals surface area contributed by atoms with Crippen LogP contribution in [0.15, 0.2) is 46.9 Å². The van der Waals surface area contributed by atoms with Crippen molar-refractivity contribution in [2.75, 3.05) is 14.2 Å². The van der Waals surface area contributed by atoms with Crippen LogP contribution in [0.2, 0.25) is 0 Å². The minimum absolute atomic E-state index is 0.148. The van der Waals surface area contributed by atoms with Gasteiger partial charge in [-0.05, 0) is 37.2 Å². The highest BCUT2D eigenvalue weighted by Gasteiger charge is 2.20. The summed E-state index contributed by atoms with van der Waals surface area (Å²) in [5.74, 6) is 0.312. The number of nitrogens with one attached hydrogen (secondary N) is 1. The molecule has 0 fully saturated rings. The van der Waals surface area contributed by atoms with Gasteiger partial charge in [-0.3, -0.25) is 0 Å². The fourth-order valence-electron chi connectivity index (χ4n) is 2.27. The van der Waals surface area contributed by atoms with Gasteiger partial charge in [-0.25, -0.2) is 4.39 Å². The molecule has 106 valence electrons. The van der Waals surface area contributed by atoms with Gasteiger partial charge in [0.2, 0.25) is 0 Å². The van der Waals surface area contributed by atoms with Gasteiger partial charge in [-0.2, -0.15) is 0 Å². The first kappa shape index (κ1) is 15.0. The first-order valence-electron chi connectivity index (χ1n) is 6.40. The molecule has 0 saturated heterocycles. The molecule has 0 aliphatic carbocycles.